The minimum absolute atomic E-state index is 0.657. The molecule has 0 saturated heterocycles. The highest BCUT2D eigenvalue weighted by Crippen LogP contribution is 2.03. The zero-order valence-electron chi connectivity index (χ0n) is 4.94. The van der Waals surface area contributed by atoms with E-state index < -0.39 is 11.3 Å². The van der Waals surface area contributed by atoms with Crippen molar-refractivity contribution in [2.75, 3.05) is 0 Å². The van der Waals surface area contributed by atoms with Crippen molar-refractivity contribution in [3.63, 3.8) is 0 Å². The van der Waals surface area contributed by atoms with E-state index >= 15 is 0 Å². The molecule has 1 aliphatic rings. The fourth-order valence-corrected chi connectivity index (χ4v) is 0.718. The van der Waals surface area contributed by atoms with Crippen molar-refractivity contribution >= 4 is 23.1 Å². The van der Waals surface area contributed by atoms with Crippen molar-refractivity contribution in [1.29, 1.82) is 0 Å². The van der Waals surface area contributed by atoms with Crippen LogP contribution in [-0.4, -0.2) is 27.8 Å². The van der Waals surface area contributed by atoms with Crippen LogP contribution >= 0.6 is 11.6 Å². The molecule has 0 bridgehead atoms. The van der Waals surface area contributed by atoms with Gasteiger partial charge in [-0.1, -0.05) is 0 Å². The Kier molecular flexibility index (Phi) is 2.03. The molecule has 10 heavy (non-hydrogen) atoms. The highest BCUT2D eigenvalue weighted by atomic mass is 35.5. The molecule has 0 spiro atoms. The summed E-state index contributed by atoms with van der Waals surface area (Å²) in [7, 11) is 0. The Hall–Kier alpha value is -0.870. The van der Waals surface area contributed by atoms with Gasteiger partial charge in [0.15, 0.2) is 6.04 Å². The molecule has 1 atom stereocenters. The van der Waals surface area contributed by atoms with Gasteiger partial charge in [-0.25, -0.2) is 5.06 Å². The molecule has 1 unspecified atom stereocenters. The van der Waals surface area contributed by atoms with Gasteiger partial charge in [-0.2, -0.15) is 0 Å². The van der Waals surface area contributed by atoms with E-state index in [-0.39, 0.29) is 0 Å². The van der Waals surface area contributed by atoms with E-state index in [4.69, 9.17) is 16.8 Å². The summed E-state index contributed by atoms with van der Waals surface area (Å²) < 4.78 is 0. The Morgan fingerprint density at radius 2 is 2.50 bits per heavy atom. The molecular formula is C5H5ClN2O2. The molecule has 0 saturated carbocycles. The SMILES string of the molecule is O=C(Cl)C1C=NC=CN1O. The standard InChI is InChI=1S/C5H5ClN2O2/c6-5(9)4-3-7-1-2-8(4)10/h1-4,10H. The first-order valence-electron chi connectivity index (χ1n) is 2.58. The van der Waals surface area contributed by atoms with E-state index in [1.54, 1.807) is 0 Å². The van der Waals surface area contributed by atoms with Gasteiger partial charge in [0.1, 0.15) is 0 Å². The number of carbonyl (C=O) groups is 1. The van der Waals surface area contributed by atoms with Crippen molar-refractivity contribution < 1.29 is 10.0 Å². The third kappa shape index (κ3) is 1.34. The van der Waals surface area contributed by atoms with Crippen molar-refractivity contribution in [3.05, 3.63) is 12.4 Å². The molecule has 4 nitrogen and oxygen atoms in total. The number of aliphatic imine (C=N–C) groups is 1. The summed E-state index contributed by atoms with van der Waals surface area (Å²) >= 11 is 5.09. The quantitative estimate of drug-likeness (QED) is 0.564. The first-order valence-corrected chi connectivity index (χ1v) is 2.96. The van der Waals surface area contributed by atoms with Crippen molar-refractivity contribution in [2.45, 2.75) is 6.04 Å². The van der Waals surface area contributed by atoms with E-state index in [1.165, 1.54) is 18.6 Å². The molecule has 1 aliphatic heterocycles. The van der Waals surface area contributed by atoms with Crippen LogP contribution in [0.2, 0.25) is 0 Å². The Morgan fingerprint density at radius 3 is 2.90 bits per heavy atom. The molecule has 1 heterocycles. The van der Waals surface area contributed by atoms with Crippen LogP contribution in [0.5, 0.6) is 0 Å². The van der Waals surface area contributed by atoms with Crippen LogP contribution < -0.4 is 0 Å². The molecule has 1 N–H and O–H groups in total. The lowest BCUT2D eigenvalue weighted by atomic mass is 10.3. The number of nitrogens with zero attached hydrogens (tertiary/aromatic N) is 2. The van der Waals surface area contributed by atoms with Crippen LogP contribution in [0.3, 0.4) is 0 Å². The predicted molar refractivity (Wildman–Crippen MR) is 35.9 cm³/mol. The monoisotopic (exact) mass is 160 g/mol. The summed E-state index contributed by atoms with van der Waals surface area (Å²) in [4.78, 5) is 14.1. The molecule has 1 rings (SSSR count). The Balaban J connectivity index is 2.70. The molecule has 54 valence electrons. The maximum Gasteiger partial charge on any atom is 0.252 e. The van der Waals surface area contributed by atoms with Gasteiger partial charge in [-0.15, -0.1) is 0 Å². The molecule has 0 fully saturated rings. The van der Waals surface area contributed by atoms with Gasteiger partial charge in [0.2, 0.25) is 0 Å². The summed E-state index contributed by atoms with van der Waals surface area (Å²) in [6.07, 6.45) is 3.87. The largest absolute Gasteiger partial charge is 0.288 e. The van der Waals surface area contributed by atoms with Crippen molar-refractivity contribution in [1.82, 2.24) is 5.06 Å². The minimum Gasteiger partial charge on any atom is -0.288 e. The predicted octanol–water partition coefficient (Wildman–Crippen LogP) is 0.367. The lowest BCUT2D eigenvalue weighted by Gasteiger charge is -2.18. The third-order valence-corrected chi connectivity index (χ3v) is 1.27. The number of carbonyl (C=O) groups excluding carboxylic acids is 1. The molecule has 0 amide bonds. The summed E-state index contributed by atoms with van der Waals surface area (Å²) in [5.74, 6) is 0. The van der Waals surface area contributed by atoms with Gasteiger partial charge in [0.25, 0.3) is 5.24 Å². The molecule has 0 aromatic heterocycles. The normalized spacial score (nSPS) is 23.4. The van der Waals surface area contributed by atoms with E-state index in [2.05, 4.69) is 4.99 Å². The van der Waals surface area contributed by atoms with Gasteiger partial charge < -0.3 is 0 Å². The summed E-state index contributed by atoms with van der Waals surface area (Å²) in [5.41, 5.74) is 0. The molecular weight excluding hydrogens is 156 g/mol. The van der Waals surface area contributed by atoms with E-state index in [0.717, 1.165) is 0 Å². The zero-order chi connectivity index (χ0) is 7.56. The fourth-order valence-electron chi connectivity index (χ4n) is 0.562. The van der Waals surface area contributed by atoms with Crippen LogP contribution in [-0.2, 0) is 4.79 Å². The molecule has 0 aromatic carbocycles. The first-order chi connectivity index (χ1) is 4.72. The molecule has 5 heteroatoms. The van der Waals surface area contributed by atoms with E-state index in [0.29, 0.717) is 5.06 Å². The van der Waals surface area contributed by atoms with Crippen molar-refractivity contribution in [2.24, 2.45) is 4.99 Å². The van der Waals surface area contributed by atoms with Gasteiger partial charge >= 0.3 is 0 Å². The number of hydroxylamine groups is 2. The number of halogens is 1. The Bertz CT molecular complexity index is 202. The summed E-state index contributed by atoms with van der Waals surface area (Å²) in [5, 5.41) is 8.93. The van der Waals surface area contributed by atoms with Gasteiger partial charge in [0, 0.05) is 18.6 Å². The average molecular weight is 161 g/mol. The van der Waals surface area contributed by atoms with Crippen LogP contribution in [0.4, 0.5) is 0 Å². The van der Waals surface area contributed by atoms with Crippen LogP contribution in [0.1, 0.15) is 0 Å². The smallest absolute Gasteiger partial charge is 0.252 e. The zero-order valence-corrected chi connectivity index (χ0v) is 5.69. The lowest BCUT2D eigenvalue weighted by molar-refractivity contribution is -0.124. The van der Waals surface area contributed by atoms with Gasteiger partial charge in [-0.05, 0) is 11.6 Å². The fraction of sp³-hybridized carbons (Fsp3) is 0.200. The summed E-state index contributed by atoms with van der Waals surface area (Å²) in [6, 6.07) is -0.841. The average Bonchev–Trinajstić information content (AvgIpc) is 1.88. The molecule has 0 aromatic rings. The summed E-state index contributed by atoms with van der Waals surface area (Å²) in [6.45, 7) is 0. The minimum atomic E-state index is -0.841. The second-order valence-electron chi connectivity index (χ2n) is 1.73. The number of hydrogen-bond donors (Lipinski definition) is 1. The van der Waals surface area contributed by atoms with Crippen LogP contribution in [0.15, 0.2) is 17.4 Å². The van der Waals surface area contributed by atoms with Gasteiger partial charge in [0.05, 0.1) is 0 Å². The maximum absolute atomic E-state index is 10.4. The molecule has 0 aliphatic carbocycles. The number of rotatable bonds is 1. The number of hydrogen-bond acceptors (Lipinski definition) is 4. The van der Waals surface area contributed by atoms with Crippen molar-refractivity contribution in [3.8, 4) is 0 Å². The second-order valence-corrected chi connectivity index (χ2v) is 2.10. The maximum atomic E-state index is 10.4. The second kappa shape index (κ2) is 2.81. The lowest BCUT2D eigenvalue weighted by Crippen LogP contribution is -2.35. The van der Waals surface area contributed by atoms with Gasteiger partial charge in [-0.3, -0.25) is 15.0 Å². The topological polar surface area (TPSA) is 52.9 Å². The van der Waals surface area contributed by atoms with Crippen LogP contribution in [0.25, 0.3) is 0 Å². The van der Waals surface area contributed by atoms with E-state index in [9.17, 15) is 4.79 Å². The Morgan fingerprint density at radius 1 is 1.80 bits per heavy atom. The van der Waals surface area contributed by atoms with Crippen LogP contribution in [0, 0.1) is 0 Å². The van der Waals surface area contributed by atoms with E-state index in [1.807, 2.05) is 0 Å². The highest BCUT2D eigenvalue weighted by molar-refractivity contribution is 6.66. The molecule has 0 radical (unpaired) electrons. The third-order valence-electron chi connectivity index (χ3n) is 1.05. The Labute approximate surface area is 62.4 Å². The highest BCUT2D eigenvalue weighted by Gasteiger charge is 2.19. The first kappa shape index (κ1) is 7.24.